The standard InChI is InChI=1S/C17H30ClN3/c1-3-10-19-16(12-14-8-6-5-7-9-14)17-15(18)13-20-21(17)11-4-2/h13-14,16,19H,3-12H2,1-2H3. The summed E-state index contributed by atoms with van der Waals surface area (Å²) in [5.74, 6) is 0.842. The summed E-state index contributed by atoms with van der Waals surface area (Å²) in [6.45, 7) is 6.41. The Kier molecular flexibility index (Phi) is 7.05. The Morgan fingerprint density at radius 2 is 2.05 bits per heavy atom. The minimum Gasteiger partial charge on any atom is -0.309 e. The van der Waals surface area contributed by atoms with Crippen molar-refractivity contribution in [2.24, 2.45) is 5.92 Å². The molecular formula is C17H30ClN3. The summed E-state index contributed by atoms with van der Waals surface area (Å²) in [5, 5.41) is 9.01. The lowest BCUT2D eigenvalue weighted by Gasteiger charge is -2.28. The van der Waals surface area contributed by atoms with Crippen LogP contribution in [0, 0.1) is 5.92 Å². The Bertz CT molecular complexity index is 410. The van der Waals surface area contributed by atoms with E-state index in [1.54, 1.807) is 0 Å². The highest BCUT2D eigenvalue weighted by Gasteiger charge is 2.24. The van der Waals surface area contributed by atoms with Crippen LogP contribution in [-0.2, 0) is 6.54 Å². The van der Waals surface area contributed by atoms with E-state index in [1.807, 2.05) is 6.20 Å². The molecule has 0 amide bonds. The zero-order chi connectivity index (χ0) is 15.1. The molecule has 120 valence electrons. The Labute approximate surface area is 134 Å². The molecule has 21 heavy (non-hydrogen) atoms. The van der Waals surface area contributed by atoms with E-state index >= 15 is 0 Å². The topological polar surface area (TPSA) is 29.9 Å². The third-order valence-electron chi connectivity index (χ3n) is 4.53. The molecule has 1 atom stereocenters. The van der Waals surface area contributed by atoms with Crippen molar-refractivity contribution in [2.75, 3.05) is 6.54 Å². The van der Waals surface area contributed by atoms with Gasteiger partial charge in [-0.1, -0.05) is 57.6 Å². The van der Waals surface area contributed by atoms with Crippen LogP contribution >= 0.6 is 11.6 Å². The van der Waals surface area contributed by atoms with Crippen molar-refractivity contribution in [1.29, 1.82) is 0 Å². The van der Waals surface area contributed by atoms with E-state index in [0.717, 1.165) is 36.9 Å². The van der Waals surface area contributed by atoms with Gasteiger partial charge < -0.3 is 5.32 Å². The van der Waals surface area contributed by atoms with Gasteiger partial charge in [-0.3, -0.25) is 4.68 Å². The minimum absolute atomic E-state index is 0.356. The summed E-state index contributed by atoms with van der Waals surface area (Å²) >= 11 is 6.45. The van der Waals surface area contributed by atoms with Gasteiger partial charge in [-0.15, -0.1) is 0 Å². The second kappa shape index (κ2) is 8.79. The maximum Gasteiger partial charge on any atom is 0.0834 e. The van der Waals surface area contributed by atoms with Crippen molar-refractivity contribution >= 4 is 11.6 Å². The molecular weight excluding hydrogens is 282 g/mol. The van der Waals surface area contributed by atoms with E-state index in [2.05, 4.69) is 28.9 Å². The van der Waals surface area contributed by atoms with Crippen molar-refractivity contribution in [3.8, 4) is 0 Å². The van der Waals surface area contributed by atoms with Crippen LogP contribution in [0.5, 0.6) is 0 Å². The van der Waals surface area contributed by atoms with E-state index in [4.69, 9.17) is 11.6 Å². The van der Waals surface area contributed by atoms with Gasteiger partial charge in [0.2, 0.25) is 0 Å². The molecule has 1 fully saturated rings. The predicted molar refractivity (Wildman–Crippen MR) is 89.8 cm³/mol. The maximum atomic E-state index is 6.45. The van der Waals surface area contributed by atoms with Crippen LogP contribution < -0.4 is 5.32 Å². The molecule has 3 nitrogen and oxygen atoms in total. The second-order valence-corrected chi connectivity index (χ2v) is 6.75. The maximum absolute atomic E-state index is 6.45. The van der Waals surface area contributed by atoms with Gasteiger partial charge in [-0.05, 0) is 31.7 Å². The van der Waals surface area contributed by atoms with E-state index in [9.17, 15) is 0 Å². The van der Waals surface area contributed by atoms with Crippen LogP contribution in [0.3, 0.4) is 0 Å². The van der Waals surface area contributed by atoms with Crippen LogP contribution in [-0.4, -0.2) is 16.3 Å². The normalized spacial score (nSPS) is 18.0. The summed E-state index contributed by atoms with van der Waals surface area (Å²) in [6, 6.07) is 0.356. The van der Waals surface area contributed by atoms with Gasteiger partial charge in [-0.25, -0.2) is 0 Å². The van der Waals surface area contributed by atoms with E-state index in [1.165, 1.54) is 44.2 Å². The number of aromatic nitrogens is 2. The molecule has 1 aromatic rings. The lowest BCUT2D eigenvalue weighted by atomic mass is 9.84. The highest BCUT2D eigenvalue weighted by Crippen LogP contribution is 2.34. The zero-order valence-electron chi connectivity index (χ0n) is 13.6. The van der Waals surface area contributed by atoms with E-state index < -0.39 is 0 Å². The zero-order valence-corrected chi connectivity index (χ0v) is 14.3. The third kappa shape index (κ3) is 4.72. The Hall–Kier alpha value is -0.540. The molecule has 1 saturated carbocycles. The molecule has 0 spiro atoms. The number of nitrogens with one attached hydrogen (secondary N) is 1. The van der Waals surface area contributed by atoms with Crippen LogP contribution in [0.2, 0.25) is 5.02 Å². The smallest absolute Gasteiger partial charge is 0.0834 e. The lowest BCUT2D eigenvalue weighted by Crippen LogP contribution is -2.28. The highest BCUT2D eigenvalue weighted by atomic mass is 35.5. The minimum atomic E-state index is 0.356. The SMILES string of the molecule is CCCNC(CC1CCCCC1)c1c(Cl)cnn1CCC. The molecule has 0 bridgehead atoms. The number of halogens is 1. The van der Waals surface area contributed by atoms with Crippen LogP contribution in [0.25, 0.3) is 0 Å². The first-order valence-electron chi connectivity index (χ1n) is 8.70. The summed E-state index contributed by atoms with van der Waals surface area (Å²) in [4.78, 5) is 0. The van der Waals surface area contributed by atoms with Crippen LogP contribution in [0.4, 0.5) is 0 Å². The largest absolute Gasteiger partial charge is 0.309 e. The fourth-order valence-electron chi connectivity index (χ4n) is 3.47. The van der Waals surface area contributed by atoms with Gasteiger partial charge in [0.15, 0.2) is 0 Å². The summed E-state index contributed by atoms with van der Waals surface area (Å²) in [7, 11) is 0. The monoisotopic (exact) mass is 311 g/mol. The summed E-state index contributed by atoms with van der Waals surface area (Å²) in [6.07, 6.45) is 12.2. The number of rotatable bonds is 8. The molecule has 1 N–H and O–H groups in total. The number of nitrogens with zero attached hydrogens (tertiary/aromatic N) is 2. The molecule has 1 aliphatic rings. The summed E-state index contributed by atoms with van der Waals surface area (Å²) in [5.41, 5.74) is 1.21. The molecule has 0 aliphatic heterocycles. The lowest BCUT2D eigenvalue weighted by molar-refractivity contribution is 0.292. The average Bonchev–Trinajstić information content (AvgIpc) is 2.86. The van der Waals surface area contributed by atoms with E-state index in [-0.39, 0.29) is 0 Å². The van der Waals surface area contributed by atoms with Crippen molar-refractivity contribution in [1.82, 2.24) is 15.1 Å². The molecule has 4 heteroatoms. The number of hydrogen-bond acceptors (Lipinski definition) is 2. The highest BCUT2D eigenvalue weighted by molar-refractivity contribution is 6.31. The Morgan fingerprint density at radius 1 is 1.29 bits per heavy atom. The van der Waals surface area contributed by atoms with Crippen molar-refractivity contribution in [3.05, 3.63) is 16.9 Å². The third-order valence-corrected chi connectivity index (χ3v) is 4.82. The van der Waals surface area contributed by atoms with Crippen molar-refractivity contribution in [3.63, 3.8) is 0 Å². The molecule has 0 aromatic carbocycles. The molecule has 0 radical (unpaired) electrons. The number of hydrogen-bond donors (Lipinski definition) is 1. The van der Waals surface area contributed by atoms with Crippen molar-refractivity contribution < 1.29 is 0 Å². The number of aryl methyl sites for hydroxylation is 1. The van der Waals surface area contributed by atoms with Gasteiger partial charge in [0, 0.05) is 6.54 Å². The van der Waals surface area contributed by atoms with Gasteiger partial charge in [0.25, 0.3) is 0 Å². The van der Waals surface area contributed by atoms with Gasteiger partial charge in [0.1, 0.15) is 0 Å². The molecule has 1 heterocycles. The fraction of sp³-hybridized carbons (Fsp3) is 0.824. The molecule has 2 rings (SSSR count). The van der Waals surface area contributed by atoms with E-state index in [0.29, 0.717) is 6.04 Å². The fourth-order valence-corrected chi connectivity index (χ4v) is 3.75. The van der Waals surface area contributed by atoms with Crippen molar-refractivity contribution in [2.45, 2.75) is 77.8 Å². The van der Waals surface area contributed by atoms with Gasteiger partial charge >= 0.3 is 0 Å². The molecule has 0 saturated heterocycles. The van der Waals surface area contributed by atoms with Gasteiger partial charge in [0.05, 0.1) is 23.0 Å². The van der Waals surface area contributed by atoms with Crippen LogP contribution in [0.15, 0.2) is 6.20 Å². The molecule has 1 aromatic heterocycles. The molecule has 1 aliphatic carbocycles. The average molecular weight is 312 g/mol. The molecule has 1 unspecified atom stereocenters. The second-order valence-electron chi connectivity index (χ2n) is 6.35. The van der Waals surface area contributed by atoms with Crippen LogP contribution in [0.1, 0.15) is 76.9 Å². The summed E-state index contributed by atoms with van der Waals surface area (Å²) < 4.78 is 2.11. The Morgan fingerprint density at radius 3 is 2.71 bits per heavy atom. The Balaban J connectivity index is 2.12. The first-order chi connectivity index (χ1) is 10.3. The van der Waals surface area contributed by atoms with Gasteiger partial charge in [-0.2, -0.15) is 5.10 Å². The first kappa shape index (κ1) is 16.8. The quantitative estimate of drug-likeness (QED) is 0.735. The first-order valence-corrected chi connectivity index (χ1v) is 9.08. The predicted octanol–water partition coefficient (Wildman–Crippen LogP) is 4.96.